The van der Waals surface area contributed by atoms with Crippen LogP contribution in [0.1, 0.15) is 46.5 Å². The Labute approximate surface area is 121 Å². The Morgan fingerprint density at radius 1 is 1.40 bits per heavy atom. The van der Waals surface area contributed by atoms with Crippen molar-refractivity contribution in [2.24, 2.45) is 16.7 Å². The maximum Gasteiger partial charge on any atom is 0.307 e. The van der Waals surface area contributed by atoms with Crippen LogP contribution < -0.4 is 5.32 Å². The zero-order chi connectivity index (χ0) is 14.4. The lowest BCUT2D eigenvalue weighted by molar-refractivity contribution is -0.158. The first-order valence-corrected chi connectivity index (χ1v) is 7.94. The van der Waals surface area contributed by atoms with Crippen LogP contribution in [0.2, 0.25) is 0 Å². The molecule has 1 N–H and O–H groups in total. The first-order chi connectivity index (χ1) is 9.43. The van der Waals surface area contributed by atoms with Crippen molar-refractivity contribution in [1.29, 1.82) is 0 Å². The molecule has 0 aromatic heterocycles. The van der Waals surface area contributed by atoms with Crippen molar-refractivity contribution in [1.82, 2.24) is 5.32 Å². The molecule has 20 heavy (non-hydrogen) atoms. The summed E-state index contributed by atoms with van der Waals surface area (Å²) in [5, 5.41) is 3.31. The van der Waals surface area contributed by atoms with Crippen molar-refractivity contribution in [3.63, 3.8) is 0 Å². The second kappa shape index (κ2) is 4.99. The van der Waals surface area contributed by atoms with Gasteiger partial charge in [-0.05, 0) is 30.6 Å². The highest BCUT2D eigenvalue weighted by molar-refractivity contribution is 5.70. The molecule has 1 aliphatic heterocycles. The molecule has 2 saturated carbocycles. The van der Waals surface area contributed by atoms with Crippen molar-refractivity contribution >= 4 is 5.97 Å². The molecule has 1 saturated heterocycles. The molecule has 2 aliphatic carbocycles. The summed E-state index contributed by atoms with van der Waals surface area (Å²) in [6.07, 6.45) is 4.05. The third-order valence-electron chi connectivity index (χ3n) is 6.40. The van der Waals surface area contributed by atoms with E-state index in [0.29, 0.717) is 24.4 Å². The molecule has 3 fully saturated rings. The van der Waals surface area contributed by atoms with Gasteiger partial charge < -0.3 is 14.8 Å². The highest BCUT2D eigenvalue weighted by atomic mass is 16.5. The number of esters is 1. The number of nitrogens with one attached hydrogen (secondary N) is 1. The molecule has 0 aromatic carbocycles. The van der Waals surface area contributed by atoms with E-state index in [1.807, 2.05) is 0 Å². The quantitative estimate of drug-likeness (QED) is 0.805. The third-order valence-corrected chi connectivity index (χ3v) is 6.40. The van der Waals surface area contributed by atoms with Crippen LogP contribution in [0.25, 0.3) is 0 Å². The van der Waals surface area contributed by atoms with Crippen molar-refractivity contribution in [2.75, 3.05) is 19.8 Å². The fourth-order valence-corrected chi connectivity index (χ4v) is 4.47. The van der Waals surface area contributed by atoms with E-state index in [2.05, 4.69) is 26.1 Å². The number of hydrogen-bond donors (Lipinski definition) is 1. The van der Waals surface area contributed by atoms with Gasteiger partial charge in [-0.25, -0.2) is 0 Å². The molecule has 0 radical (unpaired) electrons. The molecule has 2 bridgehead atoms. The lowest BCUT2D eigenvalue weighted by atomic mass is 9.70. The Kier molecular flexibility index (Phi) is 3.57. The highest BCUT2D eigenvalue weighted by Crippen LogP contribution is 2.66. The smallest absolute Gasteiger partial charge is 0.307 e. The van der Waals surface area contributed by atoms with E-state index >= 15 is 0 Å². The minimum Gasteiger partial charge on any atom is -0.462 e. The van der Waals surface area contributed by atoms with Crippen molar-refractivity contribution < 1.29 is 14.3 Å². The number of ether oxygens (including phenoxy) is 2. The van der Waals surface area contributed by atoms with Gasteiger partial charge >= 0.3 is 5.97 Å². The largest absolute Gasteiger partial charge is 0.462 e. The molecule has 114 valence electrons. The summed E-state index contributed by atoms with van der Waals surface area (Å²) < 4.78 is 11.2. The highest BCUT2D eigenvalue weighted by Gasteiger charge is 2.62. The molecule has 1 heterocycles. The van der Waals surface area contributed by atoms with Crippen LogP contribution >= 0.6 is 0 Å². The lowest BCUT2D eigenvalue weighted by Gasteiger charge is -2.38. The number of carbonyl (C=O) groups excluding carboxylic acids is 1. The summed E-state index contributed by atoms with van der Waals surface area (Å²) in [6, 6.07) is 0.121. The van der Waals surface area contributed by atoms with Crippen LogP contribution in [0, 0.1) is 16.7 Å². The SMILES string of the molecule is CC1(C)C2CCC1(C)C(OC(=O)CC1COCCN1)C2. The molecule has 3 rings (SSSR count). The summed E-state index contributed by atoms with van der Waals surface area (Å²) in [5.74, 6) is 0.643. The van der Waals surface area contributed by atoms with Gasteiger partial charge in [-0.1, -0.05) is 20.8 Å². The zero-order valence-electron chi connectivity index (χ0n) is 12.9. The van der Waals surface area contributed by atoms with Crippen molar-refractivity contribution in [3.05, 3.63) is 0 Å². The van der Waals surface area contributed by atoms with Crippen LogP contribution in [0.4, 0.5) is 0 Å². The number of fused-ring (bicyclic) bond motifs is 2. The molecule has 0 amide bonds. The fourth-order valence-electron chi connectivity index (χ4n) is 4.47. The molecule has 4 atom stereocenters. The van der Waals surface area contributed by atoms with Crippen LogP contribution in [0.15, 0.2) is 0 Å². The minimum atomic E-state index is -0.0671. The normalized spacial score (nSPS) is 42.6. The maximum absolute atomic E-state index is 12.2. The van der Waals surface area contributed by atoms with Crippen LogP contribution in [-0.2, 0) is 14.3 Å². The summed E-state index contributed by atoms with van der Waals surface area (Å²) in [5.41, 5.74) is 0.452. The topological polar surface area (TPSA) is 47.6 Å². The first-order valence-electron chi connectivity index (χ1n) is 7.94. The maximum atomic E-state index is 12.2. The predicted molar refractivity (Wildman–Crippen MR) is 76.3 cm³/mol. The molecule has 4 unspecified atom stereocenters. The van der Waals surface area contributed by atoms with E-state index in [1.54, 1.807) is 0 Å². The first kappa shape index (κ1) is 14.3. The minimum absolute atomic E-state index is 0.0671. The van der Waals surface area contributed by atoms with E-state index in [4.69, 9.17) is 9.47 Å². The summed E-state index contributed by atoms with van der Waals surface area (Å²) in [4.78, 5) is 12.2. The van der Waals surface area contributed by atoms with Gasteiger partial charge in [-0.2, -0.15) is 0 Å². The number of hydrogen-bond acceptors (Lipinski definition) is 4. The van der Waals surface area contributed by atoms with Crippen LogP contribution in [0.3, 0.4) is 0 Å². The third kappa shape index (κ3) is 2.17. The predicted octanol–water partition coefficient (Wildman–Crippen LogP) is 2.12. The van der Waals surface area contributed by atoms with Gasteiger partial charge in [-0.15, -0.1) is 0 Å². The van der Waals surface area contributed by atoms with Gasteiger partial charge in [0.15, 0.2) is 0 Å². The van der Waals surface area contributed by atoms with Crippen LogP contribution in [0.5, 0.6) is 0 Å². The molecule has 4 nitrogen and oxygen atoms in total. The lowest BCUT2D eigenvalue weighted by Crippen LogP contribution is -2.44. The Balaban J connectivity index is 1.57. The number of morpholine rings is 1. The van der Waals surface area contributed by atoms with Crippen LogP contribution in [-0.4, -0.2) is 37.9 Å². The Bertz CT molecular complexity index is 389. The van der Waals surface area contributed by atoms with Gasteiger partial charge in [0.05, 0.1) is 19.6 Å². The van der Waals surface area contributed by atoms with Gasteiger partial charge in [0, 0.05) is 18.0 Å². The van der Waals surface area contributed by atoms with E-state index in [9.17, 15) is 4.79 Å². The molecule has 0 aromatic rings. The van der Waals surface area contributed by atoms with Crippen molar-refractivity contribution in [2.45, 2.75) is 58.6 Å². The summed E-state index contributed by atoms with van der Waals surface area (Å²) in [7, 11) is 0. The van der Waals surface area contributed by atoms with Crippen molar-refractivity contribution in [3.8, 4) is 0 Å². The Hall–Kier alpha value is -0.610. The molecule has 3 aliphatic rings. The Morgan fingerprint density at radius 3 is 2.75 bits per heavy atom. The van der Waals surface area contributed by atoms with Gasteiger partial charge in [0.2, 0.25) is 0 Å². The number of carbonyl (C=O) groups is 1. The zero-order valence-corrected chi connectivity index (χ0v) is 12.9. The van der Waals surface area contributed by atoms with Gasteiger partial charge in [-0.3, -0.25) is 4.79 Å². The van der Waals surface area contributed by atoms with E-state index < -0.39 is 0 Å². The second-order valence-electron chi connectivity index (χ2n) is 7.52. The van der Waals surface area contributed by atoms with E-state index in [0.717, 1.165) is 19.6 Å². The molecule has 4 heteroatoms. The summed E-state index contributed by atoms with van der Waals surface area (Å²) in [6.45, 7) is 9.17. The standard InChI is InChI=1S/C16H27NO3/c1-15(2)11-4-5-16(15,3)13(8-11)20-14(18)9-12-10-19-7-6-17-12/h11-13,17H,4-10H2,1-3H3. The average Bonchev–Trinajstić information content (AvgIpc) is 2.73. The van der Waals surface area contributed by atoms with Gasteiger partial charge in [0.25, 0.3) is 0 Å². The number of rotatable bonds is 3. The van der Waals surface area contributed by atoms with Gasteiger partial charge in [0.1, 0.15) is 6.10 Å². The van der Waals surface area contributed by atoms with E-state index in [1.165, 1.54) is 12.8 Å². The fraction of sp³-hybridized carbons (Fsp3) is 0.938. The molecule has 0 spiro atoms. The molecular formula is C16H27NO3. The Morgan fingerprint density at radius 2 is 2.20 bits per heavy atom. The summed E-state index contributed by atoms with van der Waals surface area (Å²) >= 11 is 0. The van der Waals surface area contributed by atoms with E-state index in [-0.39, 0.29) is 23.5 Å². The second-order valence-corrected chi connectivity index (χ2v) is 7.52. The molecular weight excluding hydrogens is 254 g/mol. The monoisotopic (exact) mass is 281 g/mol. The average molecular weight is 281 g/mol.